The van der Waals surface area contributed by atoms with E-state index in [1.54, 1.807) is 0 Å². The van der Waals surface area contributed by atoms with Gasteiger partial charge in [-0.3, -0.25) is 4.79 Å². The highest BCUT2D eigenvalue weighted by Crippen LogP contribution is 2.54. The maximum Gasteiger partial charge on any atom is 0.222 e. The van der Waals surface area contributed by atoms with E-state index in [9.17, 15) is 4.79 Å². The van der Waals surface area contributed by atoms with Crippen molar-refractivity contribution in [2.24, 2.45) is 5.92 Å². The molecule has 0 radical (unpaired) electrons. The zero-order valence-corrected chi connectivity index (χ0v) is 12.4. The molecule has 0 N–H and O–H groups in total. The Hall–Kier alpha value is -0.830. The van der Waals surface area contributed by atoms with E-state index in [1.165, 1.54) is 44.9 Å². The van der Waals surface area contributed by atoms with Gasteiger partial charge in [0.15, 0.2) is 0 Å². The predicted molar refractivity (Wildman–Crippen MR) is 77.3 cm³/mol. The van der Waals surface area contributed by atoms with Crippen molar-refractivity contribution in [1.29, 1.82) is 0 Å². The molecule has 0 aromatic carbocycles. The Morgan fingerprint density at radius 1 is 1.35 bits per heavy atom. The van der Waals surface area contributed by atoms with E-state index in [0.717, 1.165) is 6.54 Å². The first-order valence-corrected chi connectivity index (χ1v) is 8.35. The summed E-state index contributed by atoms with van der Waals surface area (Å²) >= 11 is 0. The van der Waals surface area contributed by atoms with Crippen molar-refractivity contribution in [3.63, 3.8) is 0 Å². The molecule has 3 aliphatic heterocycles. The molecule has 20 heavy (non-hydrogen) atoms. The maximum absolute atomic E-state index is 12.5. The second kappa shape index (κ2) is 4.33. The lowest BCUT2D eigenvalue weighted by atomic mass is 9.65. The molecule has 3 atom stereocenters. The van der Waals surface area contributed by atoms with E-state index < -0.39 is 0 Å². The summed E-state index contributed by atoms with van der Waals surface area (Å²) in [7, 11) is 0. The highest BCUT2D eigenvalue weighted by atomic mass is 16.5. The topological polar surface area (TPSA) is 29.5 Å². The summed E-state index contributed by atoms with van der Waals surface area (Å²) in [5, 5.41) is 0. The van der Waals surface area contributed by atoms with E-state index in [2.05, 4.69) is 17.1 Å². The summed E-state index contributed by atoms with van der Waals surface area (Å²) in [4.78, 5) is 14.8. The van der Waals surface area contributed by atoms with Crippen LogP contribution in [0.1, 0.15) is 58.3 Å². The fourth-order valence-corrected chi connectivity index (χ4v) is 5.16. The van der Waals surface area contributed by atoms with E-state index in [4.69, 9.17) is 4.74 Å². The summed E-state index contributed by atoms with van der Waals surface area (Å²) in [6.45, 7) is 2.79. The van der Waals surface area contributed by atoms with Gasteiger partial charge in [-0.05, 0) is 31.6 Å². The van der Waals surface area contributed by atoms with Crippen LogP contribution in [-0.4, -0.2) is 34.6 Å². The molecular formula is C17H25NO2. The quantitative estimate of drug-likeness (QED) is 0.688. The van der Waals surface area contributed by atoms with Crippen LogP contribution in [-0.2, 0) is 9.53 Å². The van der Waals surface area contributed by atoms with Crippen LogP contribution in [0.2, 0.25) is 0 Å². The van der Waals surface area contributed by atoms with Gasteiger partial charge >= 0.3 is 0 Å². The largest absolute Gasteiger partial charge is 0.361 e. The Kier molecular flexibility index (Phi) is 2.79. The van der Waals surface area contributed by atoms with Crippen molar-refractivity contribution in [2.75, 3.05) is 6.54 Å². The average Bonchev–Trinajstić information content (AvgIpc) is 3.03. The average molecular weight is 275 g/mol. The Balaban J connectivity index is 1.68. The highest BCUT2D eigenvalue weighted by molar-refractivity contribution is 5.77. The van der Waals surface area contributed by atoms with Crippen molar-refractivity contribution in [3.8, 4) is 0 Å². The third-order valence-corrected chi connectivity index (χ3v) is 6.16. The number of nitrogens with zero attached hydrogens (tertiary/aromatic N) is 1. The monoisotopic (exact) mass is 275 g/mol. The number of hydrogen-bond acceptors (Lipinski definition) is 2. The van der Waals surface area contributed by atoms with Crippen LogP contribution in [0.4, 0.5) is 0 Å². The minimum atomic E-state index is -0.141. The zero-order chi connectivity index (χ0) is 13.8. The molecule has 2 saturated heterocycles. The molecule has 1 saturated carbocycles. The molecule has 2 spiro atoms. The number of rotatable bonds is 1. The zero-order valence-electron chi connectivity index (χ0n) is 12.4. The van der Waals surface area contributed by atoms with E-state index in [0.29, 0.717) is 24.3 Å². The van der Waals surface area contributed by atoms with Crippen LogP contribution >= 0.6 is 0 Å². The van der Waals surface area contributed by atoms with Crippen molar-refractivity contribution in [1.82, 2.24) is 4.90 Å². The molecule has 1 aliphatic carbocycles. The van der Waals surface area contributed by atoms with E-state index in [-0.39, 0.29) is 11.1 Å². The van der Waals surface area contributed by atoms with E-state index in [1.807, 2.05) is 6.92 Å². The normalized spacial score (nSPS) is 41.1. The van der Waals surface area contributed by atoms with Gasteiger partial charge in [0.2, 0.25) is 5.91 Å². The molecule has 2 bridgehead atoms. The fraction of sp³-hybridized carbons (Fsp3) is 0.824. The number of fused-ring (bicyclic) bond motifs is 1. The van der Waals surface area contributed by atoms with Gasteiger partial charge in [0.25, 0.3) is 0 Å². The summed E-state index contributed by atoms with van der Waals surface area (Å²) in [6.07, 6.45) is 14.1. The lowest BCUT2D eigenvalue weighted by molar-refractivity contribution is -0.155. The van der Waals surface area contributed by atoms with Gasteiger partial charge < -0.3 is 9.64 Å². The van der Waals surface area contributed by atoms with Crippen molar-refractivity contribution >= 4 is 5.91 Å². The minimum absolute atomic E-state index is 0.141. The molecule has 3 nitrogen and oxygen atoms in total. The van der Waals surface area contributed by atoms with Crippen LogP contribution in [0, 0.1) is 5.92 Å². The molecule has 0 aromatic rings. The SMILES string of the molecule is CCC(=O)N1C[C@]23C=C[C@H](C[C@H]2CC12CCCCC2)O3. The minimum Gasteiger partial charge on any atom is -0.361 e. The molecule has 0 unspecified atom stereocenters. The van der Waals surface area contributed by atoms with Crippen molar-refractivity contribution < 1.29 is 9.53 Å². The first-order valence-electron chi connectivity index (χ1n) is 8.35. The van der Waals surface area contributed by atoms with Gasteiger partial charge in [-0.15, -0.1) is 0 Å². The number of carbonyl (C=O) groups is 1. The lowest BCUT2D eigenvalue weighted by Gasteiger charge is -2.56. The number of ether oxygens (including phenoxy) is 1. The van der Waals surface area contributed by atoms with Crippen LogP contribution < -0.4 is 0 Å². The van der Waals surface area contributed by atoms with Gasteiger partial charge in [-0.25, -0.2) is 0 Å². The number of likely N-dealkylation sites (tertiary alicyclic amines) is 1. The second-order valence-corrected chi connectivity index (χ2v) is 7.23. The number of hydrogen-bond donors (Lipinski definition) is 0. The molecule has 3 heteroatoms. The second-order valence-electron chi connectivity index (χ2n) is 7.23. The first kappa shape index (κ1) is 12.9. The Morgan fingerprint density at radius 2 is 2.15 bits per heavy atom. The van der Waals surface area contributed by atoms with Gasteiger partial charge in [0.1, 0.15) is 5.60 Å². The highest BCUT2D eigenvalue weighted by Gasteiger charge is 2.59. The van der Waals surface area contributed by atoms with Gasteiger partial charge in [-0.2, -0.15) is 0 Å². The molecule has 3 heterocycles. The fourth-order valence-electron chi connectivity index (χ4n) is 5.16. The number of amides is 1. The van der Waals surface area contributed by atoms with Crippen molar-refractivity contribution in [2.45, 2.75) is 75.5 Å². The molecule has 0 aromatic heterocycles. The molecule has 4 aliphatic rings. The Morgan fingerprint density at radius 3 is 2.85 bits per heavy atom. The van der Waals surface area contributed by atoms with Crippen LogP contribution in [0.5, 0.6) is 0 Å². The van der Waals surface area contributed by atoms with Gasteiger partial charge in [0.05, 0.1) is 12.6 Å². The molecule has 1 amide bonds. The lowest BCUT2D eigenvalue weighted by Crippen LogP contribution is -2.64. The van der Waals surface area contributed by atoms with Gasteiger partial charge in [0, 0.05) is 12.0 Å². The van der Waals surface area contributed by atoms with Crippen LogP contribution in [0.15, 0.2) is 12.2 Å². The Labute approximate surface area is 121 Å². The third-order valence-electron chi connectivity index (χ3n) is 6.16. The molecule has 110 valence electrons. The standard InChI is InChI=1S/C17H25NO2/c1-2-15(19)18-12-17-9-6-14(20-17)10-13(17)11-16(18)7-4-3-5-8-16/h6,9,13-14H,2-5,7-8,10-12H2,1H3/t13-,14+,17+/m0/s1. The van der Waals surface area contributed by atoms with Gasteiger partial charge in [-0.1, -0.05) is 38.3 Å². The van der Waals surface area contributed by atoms with E-state index >= 15 is 0 Å². The molecule has 3 fully saturated rings. The summed E-state index contributed by atoms with van der Waals surface area (Å²) < 4.78 is 6.22. The Bertz CT molecular complexity index is 452. The number of carbonyl (C=O) groups excluding carboxylic acids is 1. The predicted octanol–water partition coefficient (Wildman–Crippen LogP) is 3.05. The maximum atomic E-state index is 12.5. The van der Waals surface area contributed by atoms with Crippen LogP contribution in [0.3, 0.4) is 0 Å². The molecular weight excluding hydrogens is 250 g/mol. The van der Waals surface area contributed by atoms with Crippen molar-refractivity contribution in [3.05, 3.63) is 12.2 Å². The summed E-state index contributed by atoms with van der Waals surface area (Å²) in [5.74, 6) is 0.962. The third kappa shape index (κ3) is 1.65. The molecule has 4 rings (SSSR count). The van der Waals surface area contributed by atoms with Crippen LogP contribution in [0.25, 0.3) is 0 Å². The first-order chi connectivity index (χ1) is 9.67. The number of piperidine rings is 1. The summed E-state index contributed by atoms with van der Waals surface area (Å²) in [5.41, 5.74) is 0.0150. The smallest absolute Gasteiger partial charge is 0.222 e. The summed E-state index contributed by atoms with van der Waals surface area (Å²) in [6, 6.07) is 0.